The number of benzene rings is 8. The van der Waals surface area contributed by atoms with Crippen LogP contribution in [0, 0.1) is 0 Å². The van der Waals surface area contributed by atoms with E-state index < -0.39 is 0 Å². The Bertz CT molecular complexity index is 3070. The van der Waals surface area contributed by atoms with Crippen LogP contribution in [0.15, 0.2) is 156 Å². The van der Waals surface area contributed by atoms with Crippen molar-refractivity contribution in [1.82, 2.24) is 4.57 Å². The number of rotatable bonds is 2. The normalized spacial score (nSPS) is 12.3. The SMILES string of the molecule is c1ccc(-n2c3ccccc3c3cc(-c4cc5cc6sc7ccccc7c6cc5c5cc6oc7ccccc7c6cc45)ccc32)cc1. The summed E-state index contributed by atoms with van der Waals surface area (Å²) < 4.78 is 11.5. The molecule has 3 heterocycles. The Kier molecular flexibility index (Phi) is 5.02. The Morgan fingerprint density at radius 2 is 1.15 bits per heavy atom. The molecule has 0 spiro atoms. The minimum atomic E-state index is 0.921. The summed E-state index contributed by atoms with van der Waals surface area (Å²) >= 11 is 1.87. The van der Waals surface area contributed by atoms with Gasteiger partial charge in [-0.25, -0.2) is 0 Å². The van der Waals surface area contributed by atoms with Crippen LogP contribution in [0.1, 0.15) is 0 Å². The zero-order valence-corrected chi connectivity index (χ0v) is 26.0. The van der Waals surface area contributed by atoms with Crippen LogP contribution < -0.4 is 0 Å². The fourth-order valence-electron chi connectivity index (χ4n) is 7.82. The molecule has 0 bridgehead atoms. The molecule has 3 heteroatoms. The summed E-state index contributed by atoms with van der Waals surface area (Å²) in [6.07, 6.45) is 0. The van der Waals surface area contributed by atoms with Crippen LogP contribution in [0.5, 0.6) is 0 Å². The van der Waals surface area contributed by atoms with Crippen LogP contribution >= 0.6 is 11.3 Å². The third kappa shape index (κ3) is 3.55. The predicted molar refractivity (Wildman–Crippen MR) is 201 cm³/mol. The highest BCUT2D eigenvalue weighted by Gasteiger charge is 2.18. The van der Waals surface area contributed by atoms with Gasteiger partial charge >= 0.3 is 0 Å². The molecule has 0 radical (unpaired) electrons. The molecule has 47 heavy (non-hydrogen) atoms. The lowest BCUT2D eigenvalue weighted by molar-refractivity contribution is 0.669. The second-order valence-electron chi connectivity index (χ2n) is 12.5. The summed E-state index contributed by atoms with van der Waals surface area (Å²) in [5.41, 5.74) is 7.89. The Labute approximate surface area is 273 Å². The van der Waals surface area contributed by atoms with E-state index in [0.717, 1.165) is 21.9 Å². The van der Waals surface area contributed by atoms with Gasteiger partial charge in [0.25, 0.3) is 0 Å². The number of nitrogens with zero attached hydrogens (tertiary/aromatic N) is 1. The first-order valence-corrected chi connectivity index (χ1v) is 16.8. The highest BCUT2D eigenvalue weighted by atomic mass is 32.1. The number of hydrogen-bond donors (Lipinski definition) is 0. The molecule has 11 aromatic rings. The van der Waals surface area contributed by atoms with Crippen LogP contribution in [-0.2, 0) is 0 Å². The molecule has 0 saturated heterocycles. The van der Waals surface area contributed by atoms with Crippen molar-refractivity contribution < 1.29 is 4.42 Å². The van der Waals surface area contributed by atoms with Gasteiger partial charge in [-0.15, -0.1) is 11.3 Å². The van der Waals surface area contributed by atoms with Gasteiger partial charge in [0, 0.05) is 47.4 Å². The molecule has 0 atom stereocenters. The molecule has 0 aliphatic carbocycles. The second kappa shape index (κ2) is 9.32. The maximum absolute atomic E-state index is 6.45. The average molecular weight is 616 g/mol. The maximum Gasteiger partial charge on any atom is 0.136 e. The summed E-state index contributed by atoms with van der Waals surface area (Å²) in [5, 5.41) is 12.4. The number of thiophene rings is 1. The van der Waals surface area contributed by atoms with Gasteiger partial charge in [0.1, 0.15) is 11.2 Å². The zero-order valence-electron chi connectivity index (χ0n) is 25.2. The fourth-order valence-corrected chi connectivity index (χ4v) is 8.96. The molecule has 0 fully saturated rings. The Hall–Kier alpha value is -5.90. The van der Waals surface area contributed by atoms with Gasteiger partial charge < -0.3 is 8.98 Å². The zero-order chi connectivity index (χ0) is 30.6. The van der Waals surface area contributed by atoms with Crippen LogP contribution in [-0.4, -0.2) is 4.57 Å². The molecule has 8 aromatic carbocycles. The van der Waals surface area contributed by atoms with Gasteiger partial charge in [-0.3, -0.25) is 0 Å². The molecule has 0 amide bonds. The van der Waals surface area contributed by atoms with E-state index in [-0.39, 0.29) is 0 Å². The number of fused-ring (bicyclic) bond motifs is 12. The van der Waals surface area contributed by atoms with Crippen LogP contribution in [0.25, 0.3) is 102 Å². The Morgan fingerprint density at radius 3 is 2.06 bits per heavy atom. The van der Waals surface area contributed by atoms with E-state index in [2.05, 4.69) is 150 Å². The third-order valence-corrected chi connectivity index (χ3v) is 11.1. The number of aromatic nitrogens is 1. The lowest BCUT2D eigenvalue weighted by atomic mass is 9.91. The van der Waals surface area contributed by atoms with E-state index >= 15 is 0 Å². The van der Waals surface area contributed by atoms with Gasteiger partial charge in [-0.05, 0) is 105 Å². The molecule has 0 N–H and O–H groups in total. The molecule has 0 unspecified atom stereocenters. The van der Waals surface area contributed by atoms with Crippen molar-refractivity contribution >= 4 is 96.8 Å². The van der Waals surface area contributed by atoms with Crippen molar-refractivity contribution in [3.63, 3.8) is 0 Å². The van der Waals surface area contributed by atoms with Crippen molar-refractivity contribution in [2.24, 2.45) is 0 Å². The third-order valence-electron chi connectivity index (χ3n) is 9.94. The quantitative estimate of drug-likeness (QED) is 0.177. The van der Waals surface area contributed by atoms with Crippen molar-refractivity contribution in [3.8, 4) is 16.8 Å². The first-order valence-electron chi connectivity index (χ1n) is 16.0. The van der Waals surface area contributed by atoms with Crippen LogP contribution in [0.4, 0.5) is 0 Å². The van der Waals surface area contributed by atoms with Crippen molar-refractivity contribution in [2.45, 2.75) is 0 Å². The summed E-state index contributed by atoms with van der Waals surface area (Å²) in [7, 11) is 0. The Morgan fingerprint density at radius 1 is 0.404 bits per heavy atom. The standard InChI is InChI=1S/C44H25NOS/c1-2-10-28(11-3-1)45-39-15-7-4-12-29(39)36-20-26(18-19-40(36)45)32-21-27-22-44-38(31-14-6-9-17-43(31)47-44)23-33(27)35-25-42-37(24-34(32)35)30-13-5-8-16-41(30)46-42/h1-25H. The molecular formula is C44H25NOS. The average Bonchev–Trinajstić information content (AvgIpc) is 3.78. The van der Waals surface area contributed by atoms with E-state index in [9.17, 15) is 0 Å². The van der Waals surface area contributed by atoms with Gasteiger partial charge in [-0.1, -0.05) is 78.9 Å². The second-order valence-corrected chi connectivity index (χ2v) is 13.6. The monoisotopic (exact) mass is 615 g/mol. The Balaban J connectivity index is 1.27. The smallest absolute Gasteiger partial charge is 0.136 e. The van der Waals surface area contributed by atoms with Gasteiger partial charge in [0.05, 0.1) is 11.0 Å². The van der Waals surface area contributed by atoms with Crippen molar-refractivity contribution in [2.75, 3.05) is 0 Å². The highest BCUT2D eigenvalue weighted by Crippen LogP contribution is 2.44. The highest BCUT2D eigenvalue weighted by molar-refractivity contribution is 7.25. The molecular weight excluding hydrogens is 591 g/mol. The van der Waals surface area contributed by atoms with Gasteiger partial charge in [0.15, 0.2) is 0 Å². The van der Waals surface area contributed by atoms with Crippen molar-refractivity contribution in [1.29, 1.82) is 0 Å². The first-order chi connectivity index (χ1) is 23.3. The van der Waals surface area contributed by atoms with E-state index in [1.54, 1.807) is 0 Å². The largest absolute Gasteiger partial charge is 0.456 e. The lowest BCUT2D eigenvalue weighted by Gasteiger charge is -2.13. The summed E-state index contributed by atoms with van der Waals surface area (Å²) in [6, 6.07) is 55.4. The minimum Gasteiger partial charge on any atom is -0.456 e. The molecule has 218 valence electrons. The van der Waals surface area contributed by atoms with E-state index in [0.29, 0.717) is 0 Å². The topological polar surface area (TPSA) is 18.1 Å². The fraction of sp³-hybridized carbons (Fsp3) is 0. The molecule has 2 nitrogen and oxygen atoms in total. The van der Waals surface area contributed by atoms with Crippen molar-refractivity contribution in [3.05, 3.63) is 152 Å². The molecule has 3 aromatic heterocycles. The van der Waals surface area contributed by atoms with Crippen LogP contribution in [0.3, 0.4) is 0 Å². The molecule has 0 saturated carbocycles. The summed E-state index contributed by atoms with van der Waals surface area (Å²) in [6.45, 7) is 0. The molecule has 0 aliphatic heterocycles. The summed E-state index contributed by atoms with van der Waals surface area (Å²) in [5.74, 6) is 0. The predicted octanol–water partition coefficient (Wildman–Crippen LogP) is 13.0. The minimum absolute atomic E-state index is 0.921. The van der Waals surface area contributed by atoms with Crippen LogP contribution in [0.2, 0.25) is 0 Å². The lowest BCUT2D eigenvalue weighted by Crippen LogP contribution is -1.93. The summed E-state index contributed by atoms with van der Waals surface area (Å²) in [4.78, 5) is 0. The molecule has 0 aliphatic rings. The van der Waals surface area contributed by atoms with Gasteiger partial charge in [0.2, 0.25) is 0 Å². The number of para-hydroxylation sites is 3. The molecule has 11 rings (SSSR count). The van der Waals surface area contributed by atoms with E-state index in [1.165, 1.54) is 80.3 Å². The number of hydrogen-bond acceptors (Lipinski definition) is 2. The van der Waals surface area contributed by atoms with Gasteiger partial charge in [-0.2, -0.15) is 0 Å². The maximum atomic E-state index is 6.45. The van der Waals surface area contributed by atoms with E-state index in [1.807, 2.05) is 17.4 Å². The first kappa shape index (κ1) is 25.3. The number of furan rings is 1. The van der Waals surface area contributed by atoms with E-state index in [4.69, 9.17) is 4.42 Å².